The van der Waals surface area contributed by atoms with E-state index in [4.69, 9.17) is 0 Å². The monoisotopic (exact) mass is 271 g/mol. The minimum atomic E-state index is 0.237. The molecule has 0 bridgehead atoms. The molecule has 1 aliphatic heterocycles. The summed E-state index contributed by atoms with van der Waals surface area (Å²) in [7, 11) is 2.04. The first-order valence-corrected chi connectivity index (χ1v) is 7.18. The summed E-state index contributed by atoms with van der Waals surface area (Å²) in [6.45, 7) is 5.54. The molecular weight excluding hydrogens is 250 g/mol. The Kier molecular flexibility index (Phi) is 3.49. The molecule has 2 heterocycles. The maximum absolute atomic E-state index is 12.4. The minimum absolute atomic E-state index is 0.237. The number of nitrogens with one attached hydrogen (secondary N) is 1. The van der Waals surface area contributed by atoms with E-state index in [9.17, 15) is 4.79 Å². The molecule has 1 saturated heterocycles. The number of aryl methyl sites for hydroxylation is 2. The summed E-state index contributed by atoms with van der Waals surface area (Å²) in [5.74, 6) is 0.237. The Hall–Kier alpha value is -1.81. The van der Waals surface area contributed by atoms with E-state index in [1.807, 2.05) is 11.9 Å². The molecule has 1 fully saturated rings. The van der Waals surface area contributed by atoms with E-state index in [1.54, 1.807) is 0 Å². The van der Waals surface area contributed by atoms with Crippen LogP contribution in [-0.2, 0) is 18.3 Å². The van der Waals surface area contributed by atoms with Gasteiger partial charge in [-0.15, -0.1) is 0 Å². The molecular formula is C16H21N3O. The van der Waals surface area contributed by atoms with Gasteiger partial charge in [0.05, 0.1) is 6.42 Å². The second-order valence-electron chi connectivity index (χ2n) is 5.59. The molecule has 3 rings (SSSR count). The third-order valence-corrected chi connectivity index (χ3v) is 4.04. The molecule has 2 aromatic rings. The number of carbonyl (C=O) groups excluding carboxylic acids is 1. The molecule has 1 aromatic heterocycles. The average molecular weight is 271 g/mol. The summed E-state index contributed by atoms with van der Waals surface area (Å²) in [5, 5.41) is 4.48. The molecule has 0 saturated carbocycles. The highest BCUT2D eigenvalue weighted by Gasteiger charge is 2.18. The van der Waals surface area contributed by atoms with Gasteiger partial charge in [0.15, 0.2) is 0 Å². The zero-order valence-corrected chi connectivity index (χ0v) is 12.1. The lowest BCUT2D eigenvalue weighted by atomic mass is 10.1. The number of aromatic nitrogens is 1. The quantitative estimate of drug-likeness (QED) is 0.898. The van der Waals surface area contributed by atoms with Crippen LogP contribution in [0.25, 0.3) is 10.9 Å². The molecule has 0 spiro atoms. The number of hydrogen-bond acceptors (Lipinski definition) is 2. The van der Waals surface area contributed by atoms with Crippen molar-refractivity contribution in [3.05, 3.63) is 35.5 Å². The van der Waals surface area contributed by atoms with Crippen LogP contribution in [0.5, 0.6) is 0 Å². The molecule has 4 nitrogen and oxygen atoms in total. The SMILES string of the molecule is Cc1ccc2c(c1)c(CC(=O)N1CCNCC1)cn2C. The summed E-state index contributed by atoms with van der Waals surface area (Å²) in [4.78, 5) is 14.4. The van der Waals surface area contributed by atoms with Crippen molar-refractivity contribution in [2.24, 2.45) is 7.05 Å². The van der Waals surface area contributed by atoms with Crippen LogP contribution in [0.1, 0.15) is 11.1 Å². The lowest BCUT2D eigenvalue weighted by molar-refractivity contribution is -0.131. The Morgan fingerprint density at radius 2 is 2.05 bits per heavy atom. The maximum atomic E-state index is 12.4. The molecule has 1 amide bonds. The topological polar surface area (TPSA) is 37.3 Å². The predicted molar refractivity (Wildman–Crippen MR) is 80.8 cm³/mol. The largest absolute Gasteiger partial charge is 0.350 e. The van der Waals surface area contributed by atoms with Crippen molar-refractivity contribution in [1.82, 2.24) is 14.8 Å². The van der Waals surface area contributed by atoms with Crippen LogP contribution in [0.15, 0.2) is 24.4 Å². The van der Waals surface area contributed by atoms with E-state index < -0.39 is 0 Å². The highest BCUT2D eigenvalue weighted by molar-refractivity contribution is 5.89. The number of amides is 1. The van der Waals surface area contributed by atoms with Crippen LogP contribution in [0.4, 0.5) is 0 Å². The Morgan fingerprint density at radius 1 is 1.30 bits per heavy atom. The summed E-state index contributed by atoms with van der Waals surface area (Å²) in [6, 6.07) is 6.42. The van der Waals surface area contributed by atoms with Gasteiger partial charge in [-0.2, -0.15) is 0 Å². The van der Waals surface area contributed by atoms with Gasteiger partial charge in [0, 0.05) is 50.3 Å². The first kappa shape index (κ1) is 13.2. The van der Waals surface area contributed by atoms with Crippen LogP contribution < -0.4 is 5.32 Å². The van der Waals surface area contributed by atoms with E-state index in [-0.39, 0.29) is 5.91 Å². The number of fused-ring (bicyclic) bond motifs is 1. The average Bonchev–Trinajstić information content (AvgIpc) is 2.76. The van der Waals surface area contributed by atoms with Crippen LogP contribution in [0.2, 0.25) is 0 Å². The van der Waals surface area contributed by atoms with Crippen LogP contribution in [0.3, 0.4) is 0 Å². The van der Waals surface area contributed by atoms with E-state index in [0.717, 1.165) is 31.7 Å². The molecule has 106 valence electrons. The summed E-state index contributed by atoms with van der Waals surface area (Å²) in [5.41, 5.74) is 3.56. The minimum Gasteiger partial charge on any atom is -0.350 e. The molecule has 0 radical (unpaired) electrons. The summed E-state index contributed by atoms with van der Waals surface area (Å²) >= 11 is 0. The number of hydrogen-bond donors (Lipinski definition) is 1. The van der Waals surface area contributed by atoms with Crippen molar-refractivity contribution in [3.63, 3.8) is 0 Å². The molecule has 1 N–H and O–H groups in total. The standard InChI is InChI=1S/C16H21N3O/c1-12-3-4-15-14(9-12)13(11-18(15)2)10-16(20)19-7-5-17-6-8-19/h3-4,9,11,17H,5-8,10H2,1-2H3. The van der Waals surface area contributed by atoms with Gasteiger partial charge >= 0.3 is 0 Å². The summed E-state index contributed by atoms with van der Waals surface area (Å²) < 4.78 is 2.11. The first-order valence-electron chi connectivity index (χ1n) is 7.18. The third kappa shape index (κ3) is 2.43. The predicted octanol–water partition coefficient (Wildman–Crippen LogP) is 1.46. The van der Waals surface area contributed by atoms with Crippen molar-refractivity contribution in [3.8, 4) is 0 Å². The van der Waals surface area contributed by atoms with Crippen molar-refractivity contribution in [2.45, 2.75) is 13.3 Å². The molecule has 0 atom stereocenters. The van der Waals surface area contributed by atoms with Crippen molar-refractivity contribution >= 4 is 16.8 Å². The number of benzene rings is 1. The number of rotatable bonds is 2. The second-order valence-corrected chi connectivity index (χ2v) is 5.59. The highest BCUT2D eigenvalue weighted by atomic mass is 16.2. The second kappa shape index (κ2) is 5.29. The third-order valence-electron chi connectivity index (χ3n) is 4.04. The lowest BCUT2D eigenvalue weighted by Gasteiger charge is -2.27. The molecule has 1 aromatic carbocycles. The Morgan fingerprint density at radius 3 is 2.80 bits per heavy atom. The highest BCUT2D eigenvalue weighted by Crippen LogP contribution is 2.23. The first-order chi connectivity index (χ1) is 9.65. The van der Waals surface area contributed by atoms with Crippen molar-refractivity contribution in [1.29, 1.82) is 0 Å². The van der Waals surface area contributed by atoms with Crippen LogP contribution in [0, 0.1) is 6.92 Å². The Labute approximate surface area is 119 Å². The fraction of sp³-hybridized carbons (Fsp3) is 0.438. The zero-order valence-electron chi connectivity index (χ0n) is 12.1. The molecule has 1 aliphatic rings. The Balaban J connectivity index is 1.86. The lowest BCUT2D eigenvalue weighted by Crippen LogP contribution is -2.46. The van der Waals surface area contributed by atoms with Gasteiger partial charge < -0.3 is 14.8 Å². The van der Waals surface area contributed by atoms with Gasteiger partial charge in [-0.05, 0) is 24.6 Å². The number of nitrogens with zero attached hydrogens (tertiary/aromatic N) is 2. The van der Waals surface area contributed by atoms with Crippen molar-refractivity contribution < 1.29 is 4.79 Å². The molecule has 0 aliphatic carbocycles. The van der Waals surface area contributed by atoms with Crippen LogP contribution >= 0.6 is 0 Å². The van der Waals surface area contributed by atoms with Gasteiger partial charge in [-0.25, -0.2) is 0 Å². The van der Waals surface area contributed by atoms with Crippen molar-refractivity contribution in [2.75, 3.05) is 26.2 Å². The van der Waals surface area contributed by atoms with Gasteiger partial charge in [-0.1, -0.05) is 11.6 Å². The number of carbonyl (C=O) groups is 1. The molecule has 20 heavy (non-hydrogen) atoms. The fourth-order valence-electron chi connectivity index (χ4n) is 2.92. The van der Waals surface area contributed by atoms with E-state index in [1.165, 1.54) is 16.5 Å². The van der Waals surface area contributed by atoms with E-state index in [2.05, 4.69) is 41.2 Å². The van der Waals surface area contributed by atoms with Gasteiger partial charge in [0.2, 0.25) is 5.91 Å². The van der Waals surface area contributed by atoms with Gasteiger partial charge in [0.25, 0.3) is 0 Å². The number of piperazine rings is 1. The normalized spacial score (nSPS) is 15.8. The van der Waals surface area contributed by atoms with Gasteiger partial charge in [-0.3, -0.25) is 4.79 Å². The summed E-state index contributed by atoms with van der Waals surface area (Å²) in [6.07, 6.45) is 2.59. The zero-order chi connectivity index (χ0) is 14.1. The maximum Gasteiger partial charge on any atom is 0.227 e. The van der Waals surface area contributed by atoms with Gasteiger partial charge in [0.1, 0.15) is 0 Å². The fourth-order valence-corrected chi connectivity index (χ4v) is 2.92. The van der Waals surface area contributed by atoms with E-state index in [0.29, 0.717) is 6.42 Å². The smallest absolute Gasteiger partial charge is 0.227 e. The van der Waals surface area contributed by atoms with E-state index >= 15 is 0 Å². The Bertz CT molecular complexity index is 638. The molecule has 4 heteroatoms. The van der Waals surface area contributed by atoms with Crippen LogP contribution in [-0.4, -0.2) is 41.6 Å². The molecule has 0 unspecified atom stereocenters.